The Morgan fingerprint density at radius 3 is 2.58 bits per heavy atom. The molecule has 0 aliphatic heterocycles. The molecule has 0 saturated carbocycles. The van der Waals surface area contributed by atoms with Crippen LogP contribution in [0.4, 0.5) is 4.39 Å². The summed E-state index contributed by atoms with van der Waals surface area (Å²) in [5, 5.41) is 2.86. The van der Waals surface area contributed by atoms with Crippen molar-refractivity contribution < 1.29 is 9.18 Å². The second-order valence-electron chi connectivity index (χ2n) is 5.40. The van der Waals surface area contributed by atoms with Crippen molar-refractivity contribution in [2.75, 3.05) is 0 Å². The van der Waals surface area contributed by atoms with Crippen molar-refractivity contribution in [1.29, 1.82) is 0 Å². The number of nitrogens with one attached hydrogen (secondary N) is 1. The van der Waals surface area contributed by atoms with Gasteiger partial charge in [0.1, 0.15) is 18.0 Å². The van der Waals surface area contributed by atoms with Gasteiger partial charge in [-0.3, -0.25) is 9.36 Å². The number of hydrogen-bond acceptors (Lipinski definition) is 3. The number of imidazole rings is 1. The summed E-state index contributed by atoms with van der Waals surface area (Å²) < 4.78 is 14.6. The number of pyridine rings is 1. The van der Waals surface area contributed by atoms with E-state index in [2.05, 4.69) is 15.3 Å². The maximum Gasteiger partial charge on any atom is 0.220 e. The number of carbonyl (C=O) groups excluding carboxylic acids is 1. The maximum atomic E-state index is 12.8. The molecule has 0 atom stereocenters. The third-order valence-corrected chi connectivity index (χ3v) is 3.62. The van der Waals surface area contributed by atoms with Gasteiger partial charge in [-0.25, -0.2) is 14.4 Å². The number of amides is 1. The van der Waals surface area contributed by atoms with E-state index >= 15 is 0 Å². The monoisotopic (exact) mass is 324 g/mol. The van der Waals surface area contributed by atoms with E-state index in [0.29, 0.717) is 19.4 Å². The number of hydrogen-bond donors (Lipinski definition) is 1. The second kappa shape index (κ2) is 7.50. The first-order chi connectivity index (χ1) is 11.7. The van der Waals surface area contributed by atoms with Gasteiger partial charge in [0.25, 0.3) is 0 Å². The molecule has 0 unspecified atom stereocenters. The van der Waals surface area contributed by atoms with Gasteiger partial charge >= 0.3 is 0 Å². The molecule has 1 aromatic carbocycles. The van der Waals surface area contributed by atoms with Gasteiger partial charge in [0.15, 0.2) is 0 Å². The number of benzene rings is 1. The predicted octanol–water partition coefficient (Wildman–Crippen LogP) is 2.66. The van der Waals surface area contributed by atoms with Gasteiger partial charge in [-0.2, -0.15) is 0 Å². The Morgan fingerprint density at radius 2 is 1.92 bits per heavy atom. The molecule has 3 aromatic rings. The molecule has 2 aromatic heterocycles. The van der Waals surface area contributed by atoms with E-state index < -0.39 is 0 Å². The first kappa shape index (κ1) is 15.9. The lowest BCUT2D eigenvalue weighted by Crippen LogP contribution is -2.23. The summed E-state index contributed by atoms with van der Waals surface area (Å²) in [4.78, 5) is 20.2. The highest BCUT2D eigenvalue weighted by Crippen LogP contribution is 2.07. The smallest absolute Gasteiger partial charge is 0.220 e. The Morgan fingerprint density at radius 1 is 1.12 bits per heavy atom. The fourth-order valence-corrected chi connectivity index (χ4v) is 2.27. The maximum absolute atomic E-state index is 12.8. The van der Waals surface area contributed by atoms with Gasteiger partial charge in [-0.15, -0.1) is 0 Å². The summed E-state index contributed by atoms with van der Waals surface area (Å²) in [6.45, 7) is 0.430. The number of carbonyl (C=O) groups is 1. The van der Waals surface area contributed by atoms with Crippen molar-refractivity contribution in [3.8, 4) is 5.82 Å². The van der Waals surface area contributed by atoms with Crippen LogP contribution in [0.3, 0.4) is 0 Å². The van der Waals surface area contributed by atoms with Gasteiger partial charge in [-0.1, -0.05) is 18.2 Å². The molecular formula is C18H17FN4O. The van der Waals surface area contributed by atoms with Crippen LogP contribution < -0.4 is 5.32 Å². The van der Waals surface area contributed by atoms with Gasteiger partial charge in [0.2, 0.25) is 5.91 Å². The Kier molecular flexibility index (Phi) is 4.96. The molecule has 6 heteroatoms. The van der Waals surface area contributed by atoms with Crippen molar-refractivity contribution in [3.63, 3.8) is 0 Å². The van der Waals surface area contributed by atoms with Crippen LogP contribution in [0, 0.1) is 5.82 Å². The molecule has 0 aliphatic carbocycles. The van der Waals surface area contributed by atoms with Crippen LogP contribution in [0.25, 0.3) is 5.82 Å². The number of aromatic nitrogens is 3. The highest BCUT2D eigenvalue weighted by molar-refractivity contribution is 5.76. The van der Waals surface area contributed by atoms with Crippen LogP contribution in [-0.2, 0) is 17.8 Å². The minimum Gasteiger partial charge on any atom is -0.352 e. The topological polar surface area (TPSA) is 59.8 Å². The summed E-state index contributed by atoms with van der Waals surface area (Å²) in [5.41, 5.74) is 1.87. The zero-order valence-electron chi connectivity index (χ0n) is 13.0. The predicted molar refractivity (Wildman–Crippen MR) is 87.9 cm³/mol. The fourth-order valence-electron chi connectivity index (χ4n) is 2.27. The Labute approximate surface area is 139 Å². The average Bonchev–Trinajstić information content (AvgIpc) is 3.14. The van der Waals surface area contributed by atoms with E-state index in [0.717, 1.165) is 16.9 Å². The van der Waals surface area contributed by atoms with E-state index in [1.165, 1.54) is 12.1 Å². The average molecular weight is 324 g/mol. The van der Waals surface area contributed by atoms with Crippen molar-refractivity contribution in [3.05, 3.63) is 78.3 Å². The van der Waals surface area contributed by atoms with Crippen molar-refractivity contribution in [2.24, 2.45) is 0 Å². The Bertz CT molecular complexity index is 783. The molecule has 0 aliphatic rings. The first-order valence-corrected chi connectivity index (χ1v) is 7.65. The highest BCUT2D eigenvalue weighted by Gasteiger charge is 2.04. The van der Waals surface area contributed by atoms with Crippen LogP contribution in [-0.4, -0.2) is 20.4 Å². The van der Waals surface area contributed by atoms with Crippen LogP contribution in [0.5, 0.6) is 0 Å². The van der Waals surface area contributed by atoms with Crippen molar-refractivity contribution >= 4 is 5.91 Å². The standard InChI is InChI=1S/C18H17FN4O/c19-16-5-1-14(2-6-16)4-8-18(24)22-12-15-3-7-17(21-11-15)23-10-9-20-13-23/h1-3,5-7,9-11,13H,4,8,12H2,(H,22,24). The lowest BCUT2D eigenvalue weighted by atomic mass is 10.1. The molecule has 24 heavy (non-hydrogen) atoms. The zero-order valence-corrected chi connectivity index (χ0v) is 13.0. The third-order valence-electron chi connectivity index (χ3n) is 3.62. The summed E-state index contributed by atoms with van der Waals surface area (Å²) >= 11 is 0. The van der Waals surface area contributed by atoms with E-state index in [9.17, 15) is 9.18 Å². The lowest BCUT2D eigenvalue weighted by Gasteiger charge is -2.07. The van der Waals surface area contributed by atoms with Gasteiger partial charge in [-0.05, 0) is 35.7 Å². The summed E-state index contributed by atoms with van der Waals surface area (Å²) in [6.07, 6.45) is 7.88. The van der Waals surface area contributed by atoms with Crippen LogP contribution in [0.2, 0.25) is 0 Å². The molecule has 1 N–H and O–H groups in total. The summed E-state index contributed by atoms with van der Waals surface area (Å²) in [7, 11) is 0. The number of aryl methyl sites for hydroxylation is 1. The normalized spacial score (nSPS) is 10.5. The molecule has 2 heterocycles. The zero-order chi connectivity index (χ0) is 16.8. The van der Waals surface area contributed by atoms with Crippen LogP contribution in [0.1, 0.15) is 17.5 Å². The fraction of sp³-hybridized carbons (Fsp3) is 0.167. The molecule has 0 radical (unpaired) electrons. The van der Waals surface area contributed by atoms with Crippen LogP contribution >= 0.6 is 0 Å². The second-order valence-corrected chi connectivity index (χ2v) is 5.40. The summed E-state index contributed by atoms with van der Waals surface area (Å²) in [5.74, 6) is 0.465. The van der Waals surface area contributed by atoms with Crippen molar-refractivity contribution in [1.82, 2.24) is 19.9 Å². The van der Waals surface area contributed by atoms with E-state index in [4.69, 9.17) is 0 Å². The Hall–Kier alpha value is -3.02. The molecule has 1 amide bonds. The number of rotatable bonds is 6. The minimum absolute atomic E-state index is 0.0435. The van der Waals surface area contributed by atoms with Crippen molar-refractivity contribution in [2.45, 2.75) is 19.4 Å². The molecule has 122 valence electrons. The molecular weight excluding hydrogens is 307 g/mol. The number of nitrogens with zero attached hydrogens (tertiary/aromatic N) is 3. The minimum atomic E-state index is -0.269. The lowest BCUT2D eigenvalue weighted by molar-refractivity contribution is -0.121. The summed E-state index contributed by atoms with van der Waals surface area (Å²) in [6, 6.07) is 9.99. The molecule has 0 bridgehead atoms. The quantitative estimate of drug-likeness (QED) is 0.758. The molecule has 3 rings (SSSR count). The van der Waals surface area contributed by atoms with Gasteiger partial charge in [0.05, 0.1) is 0 Å². The highest BCUT2D eigenvalue weighted by atomic mass is 19.1. The SMILES string of the molecule is O=C(CCc1ccc(F)cc1)NCc1ccc(-n2ccnc2)nc1. The van der Waals surface area contributed by atoms with Crippen LogP contribution in [0.15, 0.2) is 61.3 Å². The third kappa shape index (κ3) is 4.25. The van der Waals surface area contributed by atoms with Gasteiger partial charge in [0, 0.05) is 31.6 Å². The molecule has 0 saturated heterocycles. The van der Waals surface area contributed by atoms with Gasteiger partial charge < -0.3 is 5.32 Å². The Balaban J connectivity index is 1.46. The molecule has 0 spiro atoms. The molecule has 5 nitrogen and oxygen atoms in total. The molecule has 0 fully saturated rings. The van der Waals surface area contributed by atoms with E-state index in [-0.39, 0.29) is 11.7 Å². The van der Waals surface area contributed by atoms with E-state index in [1.54, 1.807) is 30.9 Å². The number of halogens is 1. The largest absolute Gasteiger partial charge is 0.352 e. The first-order valence-electron chi connectivity index (χ1n) is 7.65. The van der Waals surface area contributed by atoms with E-state index in [1.807, 2.05) is 22.9 Å².